The lowest BCUT2D eigenvalue weighted by atomic mass is 10.1. The average molecular weight is 543 g/mol. The highest BCUT2D eigenvalue weighted by molar-refractivity contribution is 8.00. The Bertz CT molecular complexity index is 1560. The van der Waals surface area contributed by atoms with Gasteiger partial charge in [-0.15, -0.1) is 0 Å². The topological polar surface area (TPSA) is 144 Å². The average Bonchev–Trinajstić information content (AvgIpc) is 3.55. The van der Waals surface area contributed by atoms with Crippen molar-refractivity contribution >= 4 is 44.2 Å². The summed E-state index contributed by atoms with van der Waals surface area (Å²) < 4.78 is 31.7. The number of halogens is 1. The van der Waals surface area contributed by atoms with Gasteiger partial charge in [0.1, 0.15) is 18.3 Å². The summed E-state index contributed by atoms with van der Waals surface area (Å²) in [4.78, 5) is 20.8. The Hall–Kier alpha value is -3.29. The zero-order valence-corrected chi connectivity index (χ0v) is 21.2. The maximum atomic E-state index is 11.8. The number of benzene rings is 1. The van der Waals surface area contributed by atoms with Crippen molar-refractivity contribution in [2.75, 3.05) is 24.2 Å². The molecule has 2 saturated heterocycles. The highest BCUT2D eigenvalue weighted by Crippen LogP contribution is 2.33. The van der Waals surface area contributed by atoms with Crippen molar-refractivity contribution in [2.45, 2.75) is 24.4 Å². The second kappa shape index (κ2) is 9.23. The van der Waals surface area contributed by atoms with Crippen molar-refractivity contribution in [2.24, 2.45) is 0 Å². The van der Waals surface area contributed by atoms with Crippen LogP contribution in [0.4, 0.5) is 5.82 Å². The van der Waals surface area contributed by atoms with Gasteiger partial charge in [-0.1, -0.05) is 35.9 Å². The second-order valence-corrected chi connectivity index (χ2v) is 11.6. The molecule has 0 radical (unpaired) electrons. The molecule has 0 amide bonds. The fraction of sp³-hybridized carbons (Fsp3) is 0.292. The van der Waals surface area contributed by atoms with E-state index in [1.807, 2.05) is 24.3 Å². The van der Waals surface area contributed by atoms with Crippen LogP contribution >= 0.6 is 11.6 Å². The first-order valence-corrected chi connectivity index (χ1v) is 13.9. The van der Waals surface area contributed by atoms with E-state index in [9.17, 15) is 9.32 Å². The maximum Gasteiger partial charge on any atom is 0.296 e. The van der Waals surface area contributed by atoms with Crippen LogP contribution in [0.15, 0.2) is 42.7 Å². The van der Waals surface area contributed by atoms with Gasteiger partial charge in [0.2, 0.25) is 0 Å². The van der Waals surface area contributed by atoms with Gasteiger partial charge in [0, 0.05) is 27.1 Å². The van der Waals surface area contributed by atoms with Gasteiger partial charge in [0.15, 0.2) is 17.6 Å². The summed E-state index contributed by atoms with van der Waals surface area (Å²) in [6.45, 7) is 0.524. The van der Waals surface area contributed by atoms with Crippen molar-refractivity contribution in [1.29, 1.82) is 0 Å². The van der Waals surface area contributed by atoms with Gasteiger partial charge < -0.3 is 24.3 Å². The summed E-state index contributed by atoms with van der Waals surface area (Å²) in [7, 11) is -2.43. The van der Waals surface area contributed by atoms with E-state index in [4.69, 9.17) is 25.8 Å². The second-order valence-electron chi connectivity index (χ2n) is 9.02. The molecule has 13 heteroatoms. The SMILES string of the molecule is C=S(C)(=O)Nc1cnc(-c2ccc(-c3nc4nc(OC5COC6C(O)COC56)[nH]c4cc3Cl)cc2)cn1. The lowest BCUT2D eigenvalue weighted by molar-refractivity contribution is 0.00706. The monoisotopic (exact) mass is 542 g/mol. The normalized spacial score (nSPS) is 24.6. The van der Waals surface area contributed by atoms with Crippen molar-refractivity contribution in [1.82, 2.24) is 24.9 Å². The molecule has 2 aliphatic heterocycles. The van der Waals surface area contributed by atoms with Crippen LogP contribution in [-0.4, -0.2) is 84.0 Å². The van der Waals surface area contributed by atoms with Crippen LogP contribution in [0.3, 0.4) is 0 Å². The molecule has 0 bridgehead atoms. The molecule has 6 rings (SSSR count). The van der Waals surface area contributed by atoms with Crippen molar-refractivity contribution in [3.63, 3.8) is 0 Å². The summed E-state index contributed by atoms with van der Waals surface area (Å²) in [5.74, 6) is 3.94. The van der Waals surface area contributed by atoms with Gasteiger partial charge in [0.25, 0.3) is 6.01 Å². The molecule has 11 nitrogen and oxygen atoms in total. The number of nitrogens with one attached hydrogen (secondary N) is 2. The molecular weight excluding hydrogens is 520 g/mol. The molecule has 3 N–H and O–H groups in total. The lowest BCUT2D eigenvalue weighted by Gasteiger charge is -2.15. The van der Waals surface area contributed by atoms with Crippen molar-refractivity contribution < 1.29 is 23.5 Å². The standard InChI is InChI=1S/C24H23ClN6O5S/c1-37(2,33)31-19-9-26-16(8-27-19)12-3-5-13(6-4-12)20-14(25)7-15-23(29-20)30-24(28-15)36-18-11-35-21-17(32)10-34-22(18)21/h3-9,17-18,21-22,32H,1,10-11H2,2H3,(H,27,31,33)(H,28,29,30). The molecule has 5 atom stereocenters. The Morgan fingerprint density at radius 2 is 1.89 bits per heavy atom. The highest BCUT2D eigenvalue weighted by Gasteiger charge is 2.48. The van der Waals surface area contributed by atoms with E-state index in [1.54, 1.807) is 12.3 Å². The van der Waals surface area contributed by atoms with Gasteiger partial charge >= 0.3 is 0 Å². The molecule has 2 fully saturated rings. The Labute approximate surface area is 217 Å². The molecule has 4 aromatic rings. The number of hydrogen-bond acceptors (Lipinski definition) is 9. The number of pyridine rings is 1. The molecule has 0 aliphatic carbocycles. The number of aromatic nitrogens is 5. The molecule has 37 heavy (non-hydrogen) atoms. The fourth-order valence-electron chi connectivity index (χ4n) is 4.39. The summed E-state index contributed by atoms with van der Waals surface area (Å²) in [6, 6.07) is 9.60. The molecule has 1 aromatic carbocycles. The van der Waals surface area contributed by atoms with Gasteiger partial charge in [-0.05, 0) is 11.9 Å². The molecular formula is C24H23ClN6O5S. The number of imidazole rings is 1. The molecule has 5 unspecified atom stereocenters. The maximum absolute atomic E-state index is 11.8. The summed E-state index contributed by atoms with van der Waals surface area (Å²) in [5.41, 5.74) is 3.96. The Morgan fingerprint density at radius 1 is 1.14 bits per heavy atom. The number of nitrogens with zero attached hydrogens (tertiary/aromatic N) is 4. The van der Waals surface area contributed by atoms with E-state index in [0.717, 1.165) is 11.1 Å². The first kappa shape index (κ1) is 24.1. The third kappa shape index (κ3) is 4.86. The minimum absolute atomic E-state index is 0.224. The van der Waals surface area contributed by atoms with Gasteiger partial charge in [0.05, 0.1) is 47.5 Å². The Morgan fingerprint density at radius 3 is 2.62 bits per heavy atom. The summed E-state index contributed by atoms with van der Waals surface area (Å²) in [5, 5.41) is 10.4. The van der Waals surface area contributed by atoms with E-state index in [1.165, 1.54) is 12.5 Å². The highest BCUT2D eigenvalue weighted by atomic mass is 35.5. The molecule has 192 valence electrons. The van der Waals surface area contributed by atoms with Crippen molar-refractivity contribution in [3.8, 4) is 28.5 Å². The van der Waals surface area contributed by atoms with Crippen LogP contribution in [-0.2, 0) is 19.2 Å². The van der Waals surface area contributed by atoms with E-state index >= 15 is 0 Å². The molecule has 0 saturated carbocycles. The number of hydrogen-bond donors (Lipinski definition) is 3. The van der Waals surface area contributed by atoms with Gasteiger partial charge in [-0.2, -0.15) is 4.98 Å². The number of aliphatic hydroxyl groups is 1. The number of fused-ring (bicyclic) bond motifs is 2. The van der Waals surface area contributed by atoms with Gasteiger partial charge in [-0.25, -0.2) is 14.2 Å². The zero-order valence-electron chi connectivity index (χ0n) is 19.6. The van der Waals surface area contributed by atoms with Crippen LogP contribution < -0.4 is 9.46 Å². The smallest absolute Gasteiger partial charge is 0.296 e. The van der Waals surface area contributed by atoms with Crippen LogP contribution in [0.2, 0.25) is 5.02 Å². The summed E-state index contributed by atoms with van der Waals surface area (Å²) in [6.07, 6.45) is 2.83. The predicted octanol–water partition coefficient (Wildman–Crippen LogP) is 2.31. The number of aromatic amines is 1. The van der Waals surface area contributed by atoms with E-state index in [0.29, 0.717) is 40.0 Å². The molecule has 0 spiro atoms. The summed E-state index contributed by atoms with van der Waals surface area (Å²) >= 11 is 6.56. The first-order valence-electron chi connectivity index (χ1n) is 11.4. The largest absolute Gasteiger partial charge is 0.456 e. The van der Waals surface area contributed by atoms with Crippen LogP contribution in [0, 0.1) is 0 Å². The van der Waals surface area contributed by atoms with Crippen LogP contribution in [0.1, 0.15) is 0 Å². The molecule has 2 aliphatic rings. The third-order valence-electron chi connectivity index (χ3n) is 6.08. The zero-order chi connectivity index (χ0) is 25.7. The minimum Gasteiger partial charge on any atom is -0.456 e. The minimum atomic E-state index is -2.43. The number of aliphatic hydroxyl groups excluding tert-OH is 1. The Balaban J connectivity index is 1.21. The number of rotatable bonds is 6. The Kier molecular flexibility index (Phi) is 6.00. The number of anilines is 1. The number of H-pyrrole nitrogens is 1. The first-order chi connectivity index (χ1) is 17.7. The number of ether oxygens (including phenoxy) is 3. The molecule has 5 heterocycles. The van der Waals surface area contributed by atoms with E-state index in [-0.39, 0.29) is 30.9 Å². The van der Waals surface area contributed by atoms with Gasteiger partial charge in [-0.3, -0.25) is 9.71 Å². The fourth-order valence-corrected chi connectivity index (χ4v) is 5.20. The predicted molar refractivity (Wildman–Crippen MR) is 140 cm³/mol. The van der Waals surface area contributed by atoms with Crippen molar-refractivity contribution in [3.05, 3.63) is 47.7 Å². The van der Waals surface area contributed by atoms with Crippen LogP contribution in [0.5, 0.6) is 6.01 Å². The molecule has 3 aromatic heterocycles. The lowest BCUT2D eigenvalue weighted by Crippen LogP contribution is -2.34. The van der Waals surface area contributed by atoms with E-state index in [2.05, 4.69) is 35.5 Å². The third-order valence-corrected chi connectivity index (χ3v) is 7.01. The van der Waals surface area contributed by atoms with Crippen LogP contribution in [0.25, 0.3) is 33.7 Å². The quantitative estimate of drug-likeness (QED) is 0.312. The van der Waals surface area contributed by atoms with E-state index < -0.39 is 15.8 Å².